The molecule has 29 heavy (non-hydrogen) atoms. The Morgan fingerprint density at radius 2 is 1.52 bits per heavy atom. The van der Waals surface area contributed by atoms with Gasteiger partial charge in [0.15, 0.2) is 0 Å². The molecule has 0 aromatic carbocycles. The maximum Gasteiger partial charge on any atom is 0.303 e. The van der Waals surface area contributed by atoms with Crippen LogP contribution in [0.1, 0.15) is 64.7 Å². The fourth-order valence-corrected chi connectivity index (χ4v) is 2.59. The molecule has 166 valence electrons. The number of hydrogen-bond donors (Lipinski definition) is 4. The van der Waals surface area contributed by atoms with E-state index in [9.17, 15) is 9.90 Å². The number of carboxylic acid groups (broad SMARTS) is 1. The zero-order valence-corrected chi connectivity index (χ0v) is 18.2. The van der Waals surface area contributed by atoms with Crippen molar-refractivity contribution in [2.24, 2.45) is 0 Å². The Labute approximate surface area is 177 Å². The van der Waals surface area contributed by atoms with Gasteiger partial charge in [0.25, 0.3) is 0 Å². The third kappa shape index (κ3) is 24.3. The Balaban J connectivity index is 0.00000110. The molecule has 1 aliphatic heterocycles. The molecule has 0 amide bonds. The summed E-state index contributed by atoms with van der Waals surface area (Å²) in [5.41, 5.74) is 0. The van der Waals surface area contributed by atoms with Gasteiger partial charge in [-0.2, -0.15) is 0 Å². The first-order chi connectivity index (χ1) is 14.2. The highest BCUT2D eigenvalue weighted by Crippen LogP contribution is 2.04. The van der Waals surface area contributed by atoms with Gasteiger partial charge in [0.1, 0.15) is 0 Å². The first-order valence-electron chi connectivity index (χ1n) is 11.1. The van der Waals surface area contributed by atoms with Crippen LogP contribution in [-0.4, -0.2) is 48.5 Å². The molecule has 0 aromatic rings. The van der Waals surface area contributed by atoms with Crippen molar-refractivity contribution in [2.45, 2.75) is 70.8 Å². The van der Waals surface area contributed by atoms with E-state index < -0.39 is 5.97 Å². The number of rotatable bonds is 14. The van der Waals surface area contributed by atoms with E-state index in [0.29, 0.717) is 6.42 Å². The molecule has 1 atom stereocenters. The monoisotopic (exact) mass is 406 g/mol. The van der Waals surface area contributed by atoms with E-state index >= 15 is 0 Å². The molecule has 1 unspecified atom stereocenters. The van der Waals surface area contributed by atoms with Crippen molar-refractivity contribution in [2.75, 3.05) is 26.2 Å². The van der Waals surface area contributed by atoms with Gasteiger partial charge in [-0.05, 0) is 32.1 Å². The Kier molecular flexibility index (Phi) is 21.3. The standard InChI is InChI=1S/C20H32O3.C4H10N2/c1-2-3-13-16-19(21)17-14-11-9-7-5-4-6-8-10-12-15-18-20(22)23;1-2-6-4-3-5-1/h4-5,8-11,14,17,19,21H,2-3,6-7,12-13,15-16,18H2,1H3,(H,22,23);5-6H,1-4H2. The number of piperazine rings is 1. The van der Waals surface area contributed by atoms with E-state index in [1.165, 1.54) is 12.8 Å². The number of nitrogens with one attached hydrogen (secondary N) is 2. The maximum absolute atomic E-state index is 10.3. The van der Waals surface area contributed by atoms with Gasteiger partial charge in [-0.3, -0.25) is 4.79 Å². The Morgan fingerprint density at radius 1 is 0.897 bits per heavy atom. The van der Waals surface area contributed by atoms with Crippen LogP contribution in [0.5, 0.6) is 0 Å². The molecule has 5 heteroatoms. The minimum atomic E-state index is -0.729. The van der Waals surface area contributed by atoms with Gasteiger partial charge >= 0.3 is 5.97 Å². The minimum absolute atomic E-state index is 0.242. The molecular formula is C24H42N2O3. The van der Waals surface area contributed by atoms with Crippen molar-refractivity contribution in [3.05, 3.63) is 48.6 Å². The number of aliphatic hydroxyl groups excluding tert-OH is 1. The average molecular weight is 407 g/mol. The molecule has 0 aromatic heterocycles. The van der Waals surface area contributed by atoms with E-state index in [-0.39, 0.29) is 12.5 Å². The van der Waals surface area contributed by atoms with Crippen LogP contribution in [0.4, 0.5) is 0 Å². The molecule has 0 radical (unpaired) electrons. The van der Waals surface area contributed by atoms with Crippen LogP contribution in [0.2, 0.25) is 0 Å². The fraction of sp³-hybridized carbons (Fsp3) is 0.625. The Morgan fingerprint density at radius 3 is 2.10 bits per heavy atom. The predicted molar refractivity (Wildman–Crippen MR) is 123 cm³/mol. The molecule has 1 saturated heterocycles. The molecule has 1 fully saturated rings. The van der Waals surface area contributed by atoms with Crippen molar-refractivity contribution in [1.29, 1.82) is 0 Å². The van der Waals surface area contributed by atoms with Gasteiger partial charge in [0.05, 0.1) is 6.10 Å². The lowest BCUT2D eigenvalue weighted by atomic mass is 10.1. The first kappa shape index (κ1) is 27.3. The highest BCUT2D eigenvalue weighted by Gasteiger charge is 1.96. The highest BCUT2D eigenvalue weighted by molar-refractivity contribution is 5.66. The Hall–Kier alpha value is -1.69. The molecule has 0 bridgehead atoms. The van der Waals surface area contributed by atoms with Crippen molar-refractivity contribution in [3.8, 4) is 0 Å². The summed E-state index contributed by atoms with van der Waals surface area (Å²) >= 11 is 0. The number of hydrogen-bond acceptors (Lipinski definition) is 4. The van der Waals surface area contributed by atoms with Crippen molar-refractivity contribution in [3.63, 3.8) is 0 Å². The van der Waals surface area contributed by atoms with E-state index in [4.69, 9.17) is 5.11 Å². The quantitative estimate of drug-likeness (QED) is 0.196. The van der Waals surface area contributed by atoms with Gasteiger partial charge in [-0.1, -0.05) is 74.8 Å². The summed E-state index contributed by atoms with van der Waals surface area (Å²) in [6.07, 6.45) is 23.6. The lowest BCUT2D eigenvalue weighted by Crippen LogP contribution is -2.39. The van der Waals surface area contributed by atoms with Crippen molar-refractivity contribution < 1.29 is 15.0 Å². The normalized spacial score (nSPS) is 15.9. The molecule has 0 aliphatic carbocycles. The number of aliphatic carboxylic acids is 1. The van der Waals surface area contributed by atoms with Crippen LogP contribution >= 0.6 is 0 Å². The molecule has 5 nitrogen and oxygen atoms in total. The SMILES string of the molecule is C1CNCCN1.CCCCCC(O)C=CC=CCC=CCC=CCCCC(=O)O. The zero-order chi connectivity index (χ0) is 21.4. The van der Waals surface area contributed by atoms with Gasteiger partial charge in [-0.25, -0.2) is 0 Å². The van der Waals surface area contributed by atoms with Crippen LogP contribution in [-0.2, 0) is 4.79 Å². The van der Waals surface area contributed by atoms with Crippen LogP contribution in [0.3, 0.4) is 0 Å². The fourth-order valence-electron chi connectivity index (χ4n) is 2.59. The average Bonchev–Trinajstić information content (AvgIpc) is 2.73. The Bertz CT molecular complexity index is 469. The van der Waals surface area contributed by atoms with E-state index in [1.807, 2.05) is 24.3 Å². The third-order valence-electron chi connectivity index (χ3n) is 4.28. The third-order valence-corrected chi connectivity index (χ3v) is 4.28. The number of aliphatic hydroxyl groups is 1. The highest BCUT2D eigenvalue weighted by atomic mass is 16.4. The summed E-state index contributed by atoms with van der Waals surface area (Å²) in [6.45, 7) is 6.72. The summed E-state index contributed by atoms with van der Waals surface area (Å²) in [5, 5.41) is 24.6. The molecule has 1 aliphatic rings. The van der Waals surface area contributed by atoms with Crippen molar-refractivity contribution >= 4 is 5.97 Å². The van der Waals surface area contributed by atoms with E-state index in [2.05, 4.69) is 41.9 Å². The number of allylic oxidation sites excluding steroid dienone is 7. The smallest absolute Gasteiger partial charge is 0.303 e. The minimum Gasteiger partial charge on any atom is -0.481 e. The van der Waals surface area contributed by atoms with Crippen LogP contribution < -0.4 is 10.6 Å². The molecule has 0 spiro atoms. The van der Waals surface area contributed by atoms with Gasteiger partial charge in [0.2, 0.25) is 0 Å². The molecular weight excluding hydrogens is 364 g/mol. The summed E-state index contributed by atoms with van der Waals surface area (Å²) in [6, 6.07) is 0. The largest absolute Gasteiger partial charge is 0.481 e. The molecule has 1 rings (SSSR count). The maximum atomic E-state index is 10.3. The van der Waals surface area contributed by atoms with Crippen molar-refractivity contribution in [1.82, 2.24) is 10.6 Å². The first-order valence-corrected chi connectivity index (χ1v) is 11.1. The molecule has 4 N–H and O–H groups in total. The van der Waals surface area contributed by atoms with Gasteiger partial charge in [0, 0.05) is 32.6 Å². The zero-order valence-electron chi connectivity index (χ0n) is 18.2. The number of carbonyl (C=O) groups is 1. The van der Waals surface area contributed by atoms with Gasteiger partial charge in [-0.15, -0.1) is 0 Å². The predicted octanol–water partition coefficient (Wildman–Crippen LogP) is 4.37. The second-order valence-electron chi connectivity index (χ2n) is 7.08. The lowest BCUT2D eigenvalue weighted by molar-refractivity contribution is -0.137. The summed E-state index contributed by atoms with van der Waals surface area (Å²) in [7, 11) is 0. The second kappa shape index (κ2) is 22.6. The second-order valence-corrected chi connectivity index (χ2v) is 7.08. The lowest BCUT2D eigenvalue weighted by Gasteiger charge is -2.11. The van der Waals surface area contributed by atoms with Crippen LogP contribution in [0.15, 0.2) is 48.6 Å². The molecule has 1 heterocycles. The summed E-state index contributed by atoms with van der Waals surface area (Å²) in [5.74, 6) is -0.729. The van der Waals surface area contributed by atoms with E-state index in [0.717, 1.165) is 58.3 Å². The van der Waals surface area contributed by atoms with Gasteiger partial charge < -0.3 is 20.8 Å². The summed E-state index contributed by atoms with van der Waals surface area (Å²) < 4.78 is 0. The number of unbranched alkanes of at least 4 members (excludes halogenated alkanes) is 3. The number of carboxylic acids is 1. The topological polar surface area (TPSA) is 81.6 Å². The molecule has 0 saturated carbocycles. The summed E-state index contributed by atoms with van der Waals surface area (Å²) in [4.78, 5) is 10.3. The van der Waals surface area contributed by atoms with Crippen LogP contribution in [0.25, 0.3) is 0 Å². The van der Waals surface area contributed by atoms with Crippen LogP contribution in [0, 0.1) is 0 Å². The van der Waals surface area contributed by atoms with E-state index in [1.54, 1.807) is 0 Å².